The minimum atomic E-state index is -1.27. The third kappa shape index (κ3) is 5.18. The summed E-state index contributed by atoms with van der Waals surface area (Å²) in [5.74, 6) is -0.00348. The van der Waals surface area contributed by atoms with Crippen LogP contribution in [0.3, 0.4) is 0 Å². The normalized spacial score (nSPS) is 42.5. The molecule has 6 heterocycles. The highest BCUT2D eigenvalue weighted by molar-refractivity contribution is 6.20. The Hall–Kier alpha value is -2.24. The first kappa shape index (κ1) is 31.1. The van der Waals surface area contributed by atoms with Gasteiger partial charge in [0.15, 0.2) is 5.78 Å². The van der Waals surface area contributed by atoms with Crippen molar-refractivity contribution in [2.24, 2.45) is 17.8 Å². The summed E-state index contributed by atoms with van der Waals surface area (Å²) in [6.45, 7) is 8.59. The topological polar surface area (TPSA) is 91.9 Å². The Morgan fingerprint density at radius 1 is 0.935 bits per heavy atom. The van der Waals surface area contributed by atoms with E-state index in [-0.39, 0.29) is 60.0 Å². The highest BCUT2D eigenvalue weighted by Crippen LogP contribution is 2.52. The van der Waals surface area contributed by atoms with Crippen LogP contribution in [0.1, 0.15) is 78.6 Å². The molecule has 5 saturated heterocycles. The monoisotopic (exact) mass is 642 g/mol. The van der Waals surface area contributed by atoms with E-state index in [2.05, 4.69) is 9.80 Å². The lowest BCUT2D eigenvalue weighted by Gasteiger charge is -2.64. The number of carbonyl (C=O) groups is 3. The predicted molar refractivity (Wildman–Crippen MR) is 166 cm³/mol. The van der Waals surface area contributed by atoms with Gasteiger partial charge in [0.05, 0.1) is 49.1 Å². The number of hydrogen-bond acceptors (Lipinski definition) is 8. The number of piperazine rings is 1. The van der Waals surface area contributed by atoms with E-state index < -0.39 is 29.8 Å². The van der Waals surface area contributed by atoms with Gasteiger partial charge >= 0.3 is 6.09 Å². The van der Waals surface area contributed by atoms with Crippen LogP contribution in [-0.2, 0) is 23.8 Å². The summed E-state index contributed by atoms with van der Waals surface area (Å²) in [5.41, 5.74) is -0.359. The van der Waals surface area contributed by atoms with Gasteiger partial charge in [-0.2, -0.15) is 0 Å². The zero-order valence-electron chi connectivity index (χ0n) is 27.7. The fourth-order valence-electron chi connectivity index (χ4n) is 10.6. The van der Waals surface area contributed by atoms with Gasteiger partial charge in [0.25, 0.3) is 5.91 Å². The molecule has 2 amide bonds. The number of ether oxygens (including phenoxy) is 3. The standard InChI is InChI=1S/C35H51FN4O6/c1-35(2,3)46-34(43)39-18-21-9-10-22(39)17-38(21)30-26(36)16-24-29-32(30)45-27-11-8-20-6-4-5-7-23(20)28(27)40(29)19-25(31(24)41)33(42)37-12-14-44-15-13-37/h19-24,26-30,32H,4-18H2,1-3H3. The molecule has 46 heavy (non-hydrogen) atoms. The number of Topliss-reactive ketones (excluding diaryl/α,β-unsaturated/α-hetero) is 1. The van der Waals surface area contributed by atoms with Crippen molar-refractivity contribution in [3.63, 3.8) is 0 Å². The Morgan fingerprint density at radius 3 is 2.43 bits per heavy atom. The van der Waals surface area contributed by atoms with Gasteiger partial charge in [-0.25, -0.2) is 9.18 Å². The summed E-state index contributed by atoms with van der Waals surface area (Å²) >= 11 is 0. The molecular weight excluding hydrogens is 591 g/mol. The summed E-state index contributed by atoms with van der Waals surface area (Å²) in [6.07, 6.45) is 8.49. The predicted octanol–water partition coefficient (Wildman–Crippen LogP) is 3.53. The fraction of sp³-hybridized carbons (Fsp3) is 0.857. The molecule has 3 aliphatic carbocycles. The number of halogens is 1. The van der Waals surface area contributed by atoms with Crippen LogP contribution in [0.25, 0.3) is 0 Å². The quantitative estimate of drug-likeness (QED) is 0.423. The van der Waals surface area contributed by atoms with Crippen LogP contribution in [0.2, 0.25) is 0 Å². The zero-order valence-corrected chi connectivity index (χ0v) is 27.7. The molecule has 9 aliphatic rings. The van der Waals surface area contributed by atoms with Crippen molar-refractivity contribution >= 4 is 17.8 Å². The highest BCUT2D eigenvalue weighted by Gasteiger charge is 2.63. The lowest BCUT2D eigenvalue weighted by molar-refractivity contribution is -0.235. The number of piperidine rings is 2. The SMILES string of the molecule is CC(C)(C)OC(=O)N1CC2CCC1CN2C1C(F)CC2C(=O)C(C(=O)N3CCOCC3)=CN3C4C(CCC5CCCCC54)OC1C23. The molecule has 6 aliphatic heterocycles. The molecule has 0 radical (unpaired) electrons. The van der Waals surface area contributed by atoms with Gasteiger partial charge in [-0.15, -0.1) is 0 Å². The highest BCUT2D eigenvalue weighted by atomic mass is 19.1. The molecule has 0 aromatic rings. The average molecular weight is 643 g/mol. The van der Waals surface area contributed by atoms with Gasteiger partial charge in [-0.05, 0) is 71.1 Å². The van der Waals surface area contributed by atoms with Crippen LogP contribution in [0.5, 0.6) is 0 Å². The van der Waals surface area contributed by atoms with E-state index in [1.165, 1.54) is 19.3 Å². The van der Waals surface area contributed by atoms with Crippen molar-refractivity contribution in [1.82, 2.24) is 19.6 Å². The Labute approximate surface area is 271 Å². The van der Waals surface area contributed by atoms with Crippen molar-refractivity contribution in [1.29, 1.82) is 0 Å². The number of alkyl halides is 1. The lowest BCUT2D eigenvalue weighted by Crippen LogP contribution is -2.77. The maximum atomic E-state index is 16.8. The number of hydrogen-bond donors (Lipinski definition) is 0. The van der Waals surface area contributed by atoms with Gasteiger partial charge in [-0.1, -0.05) is 19.3 Å². The second-order valence-electron chi connectivity index (χ2n) is 16.2. The largest absolute Gasteiger partial charge is 0.444 e. The molecule has 10 nitrogen and oxygen atoms in total. The molecule has 3 saturated carbocycles. The van der Waals surface area contributed by atoms with Crippen LogP contribution in [0.15, 0.2) is 11.8 Å². The first-order valence-corrected chi connectivity index (χ1v) is 18.0. The third-order valence-electron chi connectivity index (χ3n) is 12.6. The molecule has 0 N–H and O–H groups in total. The van der Waals surface area contributed by atoms with Crippen molar-refractivity contribution in [2.75, 3.05) is 39.4 Å². The first-order valence-electron chi connectivity index (χ1n) is 18.0. The smallest absolute Gasteiger partial charge is 0.410 e. The Morgan fingerprint density at radius 2 is 1.70 bits per heavy atom. The van der Waals surface area contributed by atoms with Gasteiger partial charge in [-0.3, -0.25) is 14.5 Å². The second kappa shape index (κ2) is 11.7. The maximum Gasteiger partial charge on any atom is 0.410 e. The van der Waals surface area contributed by atoms with Crippen molar-refractivity contribution in [2.45, 2.75) is 133 Å². The van der Waals surface area contributed by atoms with E-state index in [1.807, 2.05) is 31.9 Å². The van der Waals surface area contributed by atoms with Gasteiger partial charge in [0.1, 0.15) is 11.8 Å². The lowest BCUT2D eigenvalue weighted by atomic mass is 9.63. The number of fused-ring (bicyclic) bond motifs is 7. The Bertz CT molecular complexity index is 1270. The van der Waals surface area contributed by atoms with Gasteiger partial charge < -0.3 is 28.9 Å². The summed E-state index contributed by atoms with van der Waals surface area (Å²) in [4.78, 5) is 49.5. The molecule has 11 atom stereocenters. The minimum Gasteiger partial charge on any atom is -0.444 e. The summed E-state index contributed by atoms with van der Waals surface area (Å²) in [5, 5.41) is 0. The van der Waals surface area contributed by atoms with E-state index in [0.29, 0.717) is 51.2 Å². The summed E-state index contributed by atoms with van der Waals surface area (Å²) < 4.78 is 35.1. The molecule has 8 fully saturated rings. The number of amides is 2. The minimum absolute atomic E-state index is 0.00876. The number of rotatable bonds is 2. The van der Waals surface area contributed by atoms with E-state index in [9.17, 15) is 14.4 Å². The van der Waals surface area contributed by atoms with Crippen LogP contribution in [0.4, 0.5) is 9.18 Å². The molecule has 9 rings (SSSR count). The molecule has 0 aromatic heterocycles. The molecular formula is C35H51FN4O6. The van der Waals surface area contributed by atoms with Crippen molar-refractivity contribution in [3.05, 3.63) is 11.8 Å². The number of nitrogens with zero attached hydrogens (tertiary/aromatic N) is 4. The van der Waals surface area contributed by atoms with Crippen LogP contribution < -0.4 is 0 Å². The van der Waals surface area contributed by atoms with Crippen LogP contribution in [0, 0.1) is 17.8 Å². The molecule has 254 valence electrons. The van der Waals surface area contributed by atoms with Crippen LogP contribution in [-0.4, -0.2) is 131 Å². The Balaban J connectivity index is 1.12. The second-order valence-corrected chi connectivity index (χ2v) is 16.2. The molecule has 0 spiro atoms. The zero-order chi connectivity index (χ0) is 31.9. The van der Waals surface area contributed by atoms with Crippen molar-refractivity contribution in [3.8, 4) is 0 Å². The number of carbonyl (C=O) groups excluding carboxylic acids is 3. The average Bonchev–Trinajstić information content (AvgIpc) is 3.05. The van der Waals surface area contributed by atoms with E-state index >= 15 is 4.39 Å². The summed E-state index contributed by atoms with van der Waals surface area (Å²) in [7, 11) is 0. The van der Waals surface area contributed by atoms with Crippen molar-refractivity contribution < 1.29 is 33.0 Å². The number of ketones is 1. The fourth-order valence-corrected chi connectivity index (χ4v) is 10.6. The maximum absolute atomic E-state index is 16.8. The first-order chi connectivity index (χ1) is 22.1. The van der Waals surface area contributed by atoms with E-state index in [4.69, 9.17) is 14.2 Å². The molecule has 0 aromatic carbocycles. The summed E-state index contributed by atoms with van der Waals surface area (Å²) in [6, 6.07) is -0.731. The van der Waals surface area contributed by atoms with Gasteiger partial charge in [0.2, 0.25) is 0 Å². The third-order valence-corrected chi connectivity index (χ3v) is 12.6. The molecule has 2 bridgehead atoms. The van der Waals surface area contributed by atoms with Gasteiger partial charge in [0, 0.05) is 50.4 Å². The molecule has 11 unspecified atom stereocenters. The van der Waals surface area contributed by atoms with Crippen LogP contribution >= 0.6 is 0 Å². The van der Waals surface area contributed by atoms with E-state index in [0.717, 1.165) is 32.1 Å². The van der Waals surface area contributed by atoms with E-state index in [1.54, 1.807) is 4.90 Å². The number of morpholine rings is 2. The molecule has 11 heteroatoms. The Kier molecular flexibility index (Phi) is 7.91.